The largest absolute Gasteiger partial charge is 0.377 e. The average Bonchev–Trinajstić information content (AvgIpc) is 2.84. The first-order chi connectivity index (χ1) is 16.7. The van der Waals surface area contributed by atoms with Crippen LogP contribution in [0.4, 0.5) is 10.1 Å². The van der Waals surface area contributed by atoms with Crippen LogP contribution in [0, 0.1) is 5.92 Å². The van der Waals surface area contributed by atoms with Crippen LogP contribution in [-0.2, 0) is 4.79 Å². The van der Waals surface area contributed by atoms with E-state index in [9.17, 15) is 9.59 Å². The summed E-state index contributed by atoms with van der Waals surface area (Å²) < 4.78 is 15.0. The molecule has 5 nitrogen and oxygen atoms in total. The quantitative estimate of drug-likeness (QED) is 0.536. The number of rotatable bonds is 6. The predicted molar refractivity (Wildman–Crippen MR) is 139 cm³/mol. The van der Waals surface area contributed by atoms with Crippen LogP contribution in [0.2, 0.25) is 0 Å². The molecular formula is C29H34FN3O2. The van der Waals surface area contributed by atoms with Crippen LogP contribution in [0.25, 0.3) is 0 Å². The van der Waals surface area contributed by atoms with Crippen LogP contribution in [0.3, 0.4) is 0 Å². The molecule has 1 saturated heterocycles. The SMILES string of the molecule is C=C/C(=C\C=C(/C)N1CCCCC1)C(C)(C)NC(=O)C1=CC2Nc3ccccc3C(=O)C2C=C1F. The third kappa shape index (κ3) is 5.16. The number of anilines is 1. The maximum absolute atomic E-state index is 15.0. The number of halogens is 1. The fourth-order valence-corrected chi connectivity index (χ4v) is 4.97. The molecule has 4 rings (SSSR count). The zero-order chi connectivity index (χ0) is 25.2. The monoisotopic (exact) mass is 475 g/mol. The van der Waals surface area contributed by atoms with Gasteiger partial charge in [0, 0.05) is 30.0 Å². The van der Waals surface area contributed by atoms with Gasteiger partial charge in [0.2, 0.25) is 0 Å². The Balaban J connectivity index is 1.51. The fourth-order valence-electron chi connectivity index (χ4n) is 4.97. The Morgan fingerprint density at radius 1 is 1.17 bits per heavy atom. The number of hydrogen-bond donors (Lipinski definition) is 2. The Labute approximate surface area is 207 Å². The first kappa shape index (κ1) is 24.7. The molecule has 1 aromatic carbocycles. The number of carbonyl (C=O) groups is 2. The number of piperidine rings is 1. The highest BCUT2D eigenvalue weighted by Crippen LogP contribution is 2.35. The zero-order valence-corrected chi connectivity index (χ0v) is 20.7. The summed E-state index contributed by atoms with van der Waals surface area (Å²) in [7, 11) is 0. The molecule has 1 amide bonds. The topological polar surface area (TPSA) is 61.4 Å². The molecule has 0 bridgehead atoms. The molecule has 2 atom stereocenters. The number of fused-ring (bicyclic) bond motifs is 2. The third-order valence-electron chi connectivity index (χ3n) is 7.10. The highest BCUT2D eigenvalue weighted by molar-refractivity contribution is 6.07. The van der Waals surface area contributed by atoms with E-state index in [0.717, 1.165) is 18.7 Å². The van der Waals surface area contributed by atoms with Crippen molar-refractivity contribution >= 4 is 17.4 Å². The Bertz CT molecular complexity index is 1150. The van der Waals surface area contributed by atoms with Crippen molar-refractivity contribution in [1.82, 2.24) is 10.2 Å². The van der Waals surface area contributed by atoms with Crippen LogP contribution < -0.4 is 10.6 Å². The number of carbonyl (C=O) groups excluding carboxylic acids is 2. The van der Waals surface area contributed by atoms with Crippen molar-refractivity contribution in [2.75, 3.05) is 18.4 Å². The fraction of sp³-hybridized carbons (Fsp3) is 0.379. The molecule has 35 heavy (non-hydrogen) atoms. The third-order valence-corrected chi connectivity index (χ3v) is 7.10. The second kappa shape index (κ2) is 10.1. The van der Waals surface area contributed by atoms with Gasteiger partial charge in [-0.1, -0.05) is 30.9 Å². The number of amides is 1. The molecule has 2 unspecified atom stereocenters. The van der Waals surface area contributed by atoms with Crippen molar-refractivity contribution < 1.29 is 14.0 Å². The summed E-state index contributed by atoms with van der Waals surface area (Å²) in [6, 6.07) is 6.68. The van der Waals surface area contributed by atoms with Crippen molar-refractivity contribution in [2.45, 2.75) is 51.6 Å². The number of ketones is 1. The van der Waals surface area contributed by atoms with Crippen LogP contribution in [0.15, 0.2) is 83.9 Å². The maximum Gasteiger partial charge on any atom is 0.254 e. The molecule has 0 aromatic heterocycles. The maximum atomic E-state index is 15.0. The van der Waals surface area contributed by atoms with Crippen molar-refractivity contribution in [3.05, 3.63) is 89.5 Å². The lowest BCUT2D eigenvalue weighted by Crippen LogP contribution is -2.46. The molecule has 3 aliphatic rings. The van der Waals surface area contributed by atoms with Crippen molar-refractivity contribution in [2.24, 2.45) is 5.92 Å². The Kier molecular flexibility index (Phi) is 7.10. The lowest BCUT2D eigenvalue weighted by atomic mass is 9.81. The zero-order valence-electron chi connectivity index (χ0n) is 20.7. The summed E-state index contributed by atoms with van der Waals surface area (Å²) in [5, 5.41) is 6.22. The number of allylic oxidation sites excluding steroid dienone is 3. The predicted octanol–water partition coefficient (Wildman–Crippen LogP) is 5.47. The van der Waals surface area contributed by atoms with Crippen molar-refractivity contribution in [3.8, 4) is 0 Å². The standard InChI is InChI=1S/C29H34FN3O2/c1-5-20(14-13-19(2)33-15-9-6-10-16-33)29(3,4)32-28(35)22-18-26-23(17-24(22)30)27(34)21-11-7-8-12-25(21)31-26/h5,7-8,11-14,17-18,23,26,31H,1,6,9-10,15-16H2,2-4H3,(H,32,35)/b19-13+,20-14+. The molecule has 0 radical (unpaired) electrons. The smallest absolute Gasteiger partial charge is 0.254 e. The molecule has 6 heteroatoms. The molecule has 2 heterocycles. The molecule has 0 saturated carbocycles. The minimum atomic E-state index is -0.780. The minimum absolute atomic E-state index is 0.0672. The number of hydrogen-bond acceptors (Lipinski definition) is 4. The van der Waals surface area contributed by atoms with Crippen LogP contribution in [0.1, 0.15) is 50.4 Å². The van der Waals surface area contributed by atoms with E-state index in [0.29, 0.717) is 11.3 Å². The van der Waals surface area contributed by atoms with E-state index in [-0.39, 0.29) is 11.4 Å². The van der Waals surface area contributed by atoms with Gasteiger partial charge in [-0.3, -0.25) is 9.59 Å². The van der Waals surface area contributed by atoms with Gasteiger partial charge in [-0.25, -0.2) is 4.39 Å². The molecule has 1 aromatic rings. The van der Waals surface area contributed by atoms with E-state index in [4.69, 9.17) is 0 Å². The molecule has 1 aliphatic carbocycles. The molecular weight excluding hydrogens is 441 g/mol. The highest BCUT2D eigenvalue weighted by Gasteiger charge is 2.38. The van der Waals surface area contributed by atoms with E-state index in [1.807, 2.05) is 32.1 Å². The van der Waals surface area contributed by atoms with E-state index >= 15 is 4.39 Å². The van der Waals surface area contributed by atoms with Gasteiger partial charge < -0.3 is 15.5 Å². The first-order valence-corrected chi connectivity index (χ1v) is 12.3. The van der Waals surface area contributed by atoms with Crippen LogP contribution >= 0.6 is 0 Å². The number of nitrogens with one attached hydrogen (secondary N) is 2. The van der Waals surface area contributed by atoms with Gasteiger partial charge in [0.25, 0.3) is 5.91 Å². The van der Waals surface area contributed by atoms with Gasteiger partial charge in [0.1, 0.15) is 5.83 Å². The number of para-hydroxylation sites is 1. The van der Waals surface area contributed by atoms with Crippen molar-refractivity contribution in [3.63, 3.8) is 0 Å². The summed E-state index contributed by atoms with van der Waals surface area (Å²) in [4.78, 5) is 28.4. The Morgan fingerprint density at radius 2 is 1.89 bits per heavy atom. The van der Waals surface area contributed by atoms with Gasteiger partial charge in [-0.05, 0) is 76.0 Å². The minimum Gasteiger partial charge on any atom is -0.377 e. The van der Waals surface area contributed by atoms with Gasteiger partial charge in [0.05, 0.1) is 23.1 Å². The Hall–Kier alpha value is -3.41. The molecule has 2 N–H and O–H groups in total. The Morgan fingerprint density at radius 3 is 2.60 bits per heavy atom. The number of benzene rings is 1. The van der Waals surface area contributed by atoms with Gasteiger partial charge in [-0.2, -0.15) is 0 Å². The van der Waals surface area contributed by atoms with E-state index in [2.05, 4.69) is 35.1 Å². The first-order valence-electron chi connectivity index (χ1n) is 12.3. The lowest BCUT2D eigenvalue weighted by molar-refractivity contribution is -0.118. The summed E-state index contributed by atoms with van der Waals surface area (Å²) in [5.74, 6) is -2.04. The summed E-state index contributed by atoms with van der Waals surface area (Å²) in [5.41, 5.74) is 2.38. The second-order valence-corrected chi connectivity index (χ2v) is 9.96. The van der Waals surface area contributed by atoms with Gasteiger partial charge in [0.15, 0.2) is 5.78 Å². The molecule has 1 fully saturated rings. The summed E-state index contributed by atoms with van der Waals surface area (Å²) >= 11 is 0. The van der Waals surface area contributed by atoms with Gasteiger partial charge in [-0.15, -0.1) is 0 Å². The van der Waals surface area contributed by atoms with E-state index in [1.165, 1.54) is 37.1 Å². The lowest BCUT2D eigenvalue weighted by Gasteiger charge is -2.34. The highest BCUT2D eigenvalue weighted by atomic mass is 19.1. The molecule has 2 aliphatic heterocycles. The molecule has 184 valence electrons. The van der Waals surface area contributed by atoms with Gasteiger partial charge >= 0.3 is 0 Å². The summed E-state index contributed by atoms with van der Waals surface area (Å²) in [6.45, 7) is 11.9. The van der Waals surface area contributed by atoms with Crippen LogP contribution in [0.5, 0.6) is 0 Å². The number of nitrogens with zero attached hydrogens (tertiary/aromatic N) is 1. The molecule has 0 spiro atoms. The number of likely N-dealkylation sites (tertiary alicyclic amines) is 1. The summed E-state index contributed by atoms with van der Waals surface area (Å²) in [6.07, 6.45) is 12.2. The average molecular weight is 476 g/mol. The second-order valence-electron chi connectivity index (χ2n) is 9.96. The number of Topliss-reactive ketones (excluding diaryl/α,β-unsaturated/α-hetero) is 1. The normalized spacial score (nSPS) is 22.9. The van der Waals surface area contributed by atoms with Crippen LogP contribution in [-0.4, -0.2) is 41.3 Å². The van der Waals surface area contributed by atoms with E-state index in [1.54, 1.807) is 18.2 Å². The van der Waals surface area contributed by atoms with E-state index < -0.39 is 29.2 Å². The van der Waals surface area contributed by atoms with Crippen molar-refractivity contribution in [1.29, 1.82) is 0 Å².